The van der Waals surface area contributed by atoms with Gasteiger partial charge in [-0.25, -0.2) is 0 Å². The number of pyridine rings is 1. The first kappa shape index (κ1) is 21.1. The third-order valence-electron chi connectivity index (χ3n) is 4.30. The van der Waals surface area contributed by atoms with E-state index in [1.54, 1.807) is 31.6 Å². The standard InChI is InChI=1S/C19H31N5O3/c1-20-19(23-8-3-11-27-15-16-5-12-26-13-6-16)24-10-9-22-18(25)17-4-2-7-21-14-17/h2,4,7,14,16H,3,5-6,8-13,15H2,1H3,(H,22,25)(H2,20,23,24). The summed E-state index contributed by atoms with van der Waals surface area (Å²) in [5.41, 5.74) is 0.556. The van der Waals surface area contributed by atoms with Crippen LogP contribution >= 0.6 is 0 Å². The van der Waals surface area contributed by atoms with E-state index in [1.165, 1.54) is 0 Å². The van der Waals surface area contributed by atoms with Crippen molar-refractivity contribution in [1.82, 2.24) is 20.9 Å². The van der Waals surface area contributed by atoms with E-state index >= 15 is 0 Å². The molecule has 0 unspecified atom stereocenters. The molecule has 1 aliphatic rings. The molecular weight excluding hydrogens is 346 g/mol. The van der Waals surface area contributed by atoms with Crippen LogP contribution in [0.2, 0.25) is 0 Å². The number of carbonyl (C=O) groups is 1. The predicted molar refractivity (Wildman–Crippen MR) is 105 cm³/mol. The first-order valence-electron chi connectivity index (χ1n) is 9.58. The van der Waals surface area contributed by atoms with Crippen molar-refractivity contribution < 1.29 is 14.3 Å². The zero-order valence-corrected chi connectivity index (χ0v) is 16.1. The Kier molecular flexibility index (Phi) is 10.2. The number of guanidine groups is 1. The molecule has 0 aliphatic carbocycles. The Labute approximate surface area is 161 Å². The van der Waals surface area contributed by atoms with Gasteiger partial charge >= 0.3 is 0 Å². The second kappa shape index (κ2) is 13.1. The van der Waals surface area contributed by atoms with Crippen molar-refractivity contribution in [2.45, 2.75) is 19.3 Å². The van der Waals surface area contributed by atoms with Crippen molar-refractivity contribution >= 4 is 11.9 Å². The zero-order chi connectivity index (χ0) is 19.2. The number of hydrogen-bond acceptors (Lipinski definition) is 5. The van der Waals surface area contributed by atoms with Gasteiger partial charge in [0.05, 0.1) is 5.56 Å². The molecule has 1 aromatic heterocycles. The van der Waals surface area contributed by atoms with E-state index in [2.05, 4.69) is 25.9 Å². The van der Waals surface area contributed by atoms with Crippen molar-refractivity contribution in [2.24, 2.45) is 10.9 Å². The topological polar surface area (TPSA) is 96.9 Å². The summed E-state index contributed by atoms with van der Waals surface area (Å²) in [6.45, 7) is 5.17. The quantitative estimate of drug-likeness (QED) is 0.317. The second-order valence-corrected chi connectivity index (χ2v) is 6.41. The third kappa shape index (κ3) is 8.83. The molecule has 3 N–H and O–H groups in total. The molecule has 1 aliphatic heterocycles. The first-order chi connectivity index (χ1) is 13.3. The fourth-order valence-corrected chi connectivity index (χ4v) is 2.72. The number of ether oxygens (including phenoxy) is 2. The Morgan fingerprint density at radius 2 is 2.04 bits per heavy atom. The second-order valence-electron chi connectivity index (χ2n) is 6.41. The highest BCUT2D eigenvalue weighted by atomic mass is 16.5. The van der Waals surface area contributed by atoms with Gasteiger partial charge in [-0.1, -0.05) is 0 Å². The summed E-state index contributed by atoms with van der Waals surface area (Å²) in [5, 5.41) is 9.26. The number of amides is 1. The highest BCUT2D eigenvalue weighted by Gasteiger charge is 2.13. The summed E-state index contributed by atoms with van der Waals surface area (Å²) in [6.07, 6.45) is 6.32. The molecule has 0 saturated carbocycles. The minimum atomic E-state index is -0.130. The van der Waals surface area contributed by atoms with Crippen molar-refractivity contribution in [3.63, 3.8) is 0 Å². The molecule has 8 heteroatoms. The number of nitrogens with zero attached hydrogens (tertiary/aromatic N) is 2. The summed E-state index contributed by atoms with van der Waals surface area (Å²) in [7, 11) is 1.73. The normalized spacial score (nSPS) is 15.4. The maximum atomic E-state index is 11.9. The molecule has 1 amide bonds. The lowest BCUT2D eigenvalue weighted by Crippen LogP contribution is -2.42. The van der Waals surface area contributed by atoms with Crippen molar-refractivity contribution in [3.8, 4) is 0 Å². The molecule has 0 atom stereocenters. The fourth-order valence-electron chi connectivity index (χ4n) is 2.72. The molecule has 0 spiro atoms. The van der Waals surface area contributed by atoms with E-state index in [0.717, 1.165) is 58.2 Å². The molecule has 1 saturated heterocycles. The van der Waals surface area contributed by atoms with Gasteiger partial charge in [0, 0.05) is 65.5 Å². The Morgan fingerprint density at radius 3 is 2.78 bits per heavy atom. The van der Waals surface area contributed by atoms with Gasteiger partial charge in [-0.2, -0.15) is 0 Å². The fraction of sp³-hybridized carbons (Fsp3) is 0.632. The summed E-state index contributed by atoms with van der Waals surface area (Å²) < 4.78 is 11.1. The Hall–Kier alpha value is -2.19. The molecule has 27 heavy (non-hydrogen) atoms. The van der Waals surface area contributed by atoms with Crippen LogP contribution in [-0.4, -0.2) is 70.0 Å². The van der Waals surface area contributed by atoms with Crippen molar-refractivity contribution in [3.05, 3.63) is 30.1 Å². The highest BCUT2D eigenvalue weighted by Crippen LogP contribution is 2.14. The molecule has 1 fully saturated rings. The molecule has 8 nitrogen and oxygen atoms in total. The summed E-state index contributed by atoms with van der Waals surface area (Å²) >= 11 is 0. The van der Waals surface area contributed by atoms with Gasteiger partial charge in [-0.3, -0.25) is 14.8 Å². The lowest BCUT2D eigenvalue weighted by atomic mass is 10.0. The van der Waals surface area contributed by atoms with Gasteiger partial charge in [0.2, 0.25) is 0 Å². The summed E-state index contributed by atoms with van der Waals surface area (Å²) in [5.74, 6) is 1.23. The number of aliphatic imine (C=N–C) groups is 1. The minimum absolute atomic E-state index is 0.130. The molecule has 2 heterocycles. The Morgan fingerprint density at radius 1 is 1.26 bits per heavy atom. The van der Waals surface area contributed by atoms with Crippen LogP contribution in [0.3, 0.4) is 0 Å². The van der Waals surface area contributed by atoms with Gasteiger partial charge in [-0.15, -0.1) is 0 Å². The predicted octanol–water partition coefficient (Wildman–Crippen LogP) is 0.810. The molecular formula is C19H31N5O3. The average Bonchev–Trinajstić information content (AvgIpc) is 2.73. The lowest BCUT2D eigenvalue weighted by Gasteiger charge is -2.21. The molecule has 0 aromatic carbocycles. The number of rotatable bonds is 10. The van der Waals surface area contributed by atoms with E-state index in [9.17, 15) is 4.79 Å². The SMILES string of the molecule is CN=C(NCCCOCC1CCOCC1)NCCNC(=O)c1cccnc1. The van der Waals surface area contributed by atoms with Crippen LogP contribution in [0, 0.1) is 5.92 Å². The van der Waals surface area contributed by atoms with Gasteiger partial charge in [0.15, 0.2) is 5.96 Å². The van der Waals surface area contributed by atoms with Gasteiger partial charge in [-0.05, 0) is 37.3 Å². The van der Waals surface area contributed by atoms with Crippen LogP contribution in [0.5, 0.6) is 0 Å². The maximum absolute atomic E-state index is 11.9. The van der Waals surface area contributed by atoms with E-state index in [-0.39, 0.29) is 5.91 Å². The van der Waals surface area contributed by atoms with E-state index in [0.29, 0.717) is 24.6 Å². The lowest BCUT2D eigenvalue weighted by molar-refractivity contribution is 0.0203. The molecule has 150 valence electrons. The van der Waals surface area contributed by atoms with Crippen molar-refractivity contribution in [2.75, 3.05) is 53.1 Å². The highest BCUT2D eigenvalue weighted by molar-refractivity contribution is 5.93. The number of hydrogen-bond donors (Lipinski definition) is 3. The Balaban J connectivity index is 1.47. The van der Waals surface area contributed by atoms with Gasteiger partial charge in [0.25, 0.3) is 5.91 Å². The van der Waals surface area contributed by atoms with Gasteiger partial charge < -0.3 is 25.4 Å². The van der Waals surface area contributed by atoms with Crippen molar-refractivity contribution in [1.29, 1.82) is 0 Å². The van der Waals surface area contributed by atoms with E-state index in [1.807, 2.05) is 0 Å². The molecule has 1 aromatic rings. The van der Waals surface area contributed by atoms with Gasteiger partial charge in [0.1, 0.15) is 0 Å². The third-order valence-corrected chi connectivity index (χ3v) is 4.30. The summed E-state index contributed by atoms with van der Waals surface area (Å²) in [6, 6.07) is 3.48. The molecule has 2 rings (SSSR count). The number of nitrogens with one attached hydrogen (secondary N) is 3. The zero-order valence-electron chi connectivity index (χ0n) is 16.1. The van der Waals surface area contributed by atoms with Crippen LogP contribution < -0.4 is 16.0 Å². The first-order valence-corrected chi connectivity index (χ1v) is 9.58. The average molecular weight is 377 g/mol. The molecule has 0 radical (unpaired) electrons. The smallest absolute Gasteiger partial charge is 0.252 e. The minimum Gasteiger partial charge on any atom is -0.381 e. The van der Waals surface area contributed by atoms with Crippen LogP contribution in [0.15, 0.2) is 29.5 Å². The summed E-state index contributed by atoms with van der Waals surface area (Å²) in [4.78, 5) is 20.0. The number of aromatic nitrogens is 1. The monoisotopic (exact) mass is 377 g/mol. The number of carbonyl (C=O) groups excluding carboxylic acids is 1. The van der Waals surface area contributed by atoms with E-state index in [4.69, 9.17) is 9.47 Å². The van der Waals surface area contributed by atoms with Crippen LogP contribution in [0.4, 0.5) is 0 Å². The molecule has 0 bridgehead atoms. The van der Waals surface area contributed by atoms with E-state index < -0.39 is 0 Å². The van der Waals surface area contributed by atoms with Crippen LogP contribution in [0.25, 0.3) is 0 Å². The Bertz CT molecular complexity index is 562. The van der Waals surface area contributed by atoms with Crippen LogP contribution in [0.1, 0.15) is 29.6 Å². The maximum Gasteiger partial charge on any atom is 0.252 e. The largest absolute Gasteiger partial charge is 0.381 e. The van der Waals surface area contributed by atoms with Crippen LogP contribution in [-0.2, 0) is 9.47 Å².